The van der Waals surface area contributed by atoms with Crippen LogP contribution in [0.25, 0.3) is 15.9 Å². The second-order valence-electron chi connectivity index (χ2n) is 5.43. The minimum Gasteiger partial charge on any atom is -0.225 e. The Bertz CT molecular complexity index is 771. The van der Waals surface area contributed by atoms with E-state index in [1.807, 2.05) is 15.9 Å². The van der Waals surface area contributed by atoms with Crippen LogP contribution in [0.1, 0.15) is 36.5 Å². The maximum absolute atomic E-state index is 4.68. The molecule has 0 amide bonds. The molecule has 3 aromatic rings. The first kappa shape index (κ1) is 11.3. The van der Waals surface area contributed by atoms with Crippen molar-refractivity contribution in [3.8, 4) is 0 Å². The van der Waals surface area contributed by atoms with E-state index in [9.17, 15) is 0 Å². The molecule has 19 heavy (non-hydrogen) atoms. The summed E-state index contributed by atoms with van der Waals surface area (Å²) < 4.78 is 1.84. The van der Waals surface area contributed by atoms with Crippen molar-refractivity contribution in [1.82, 2.24) is 19.6 Å². The standard InChI is InChI=1S/C14H16N4S/c1-3-11-16-13-12-9-6-8(2)4-5-10(9)19-14(12)15-7-18(13)17-11/h7-8H,3-6H2,1-2H3/t8-/m1/s1. The normalized spacial score (nSPS) is 19.2. The number of nitrogens with zero attached hydrogens (tertiary/aromatic N) is 4. The summed E-state index contributed by atoms with van der Waals surface area (Å²) in [4.78, 5) is 11.9. The van der Waals surface area contributed by atoms with Crippen LogP contribution in [0.4, 0.5) is 0 Å². The summed E-state index contributed by atoms with van der Waals surface area (Å²) in [6.07, 6.45) is 6.31. The van der Waals surface area contributed by atoms with E-state index in [1.165, 1.54) is 28.7 Å². The lowest BCUT2D eigenvalue weighted by Crippen LogP contribution is -2.09. The zero-order valence-electron chi connectivity index (χ0n) is 11.2. The van der Waals surface area contributed by atoms with E-state index >= 15 is 0 Å². The van der Waals surface area contributed by atoms with Crippen LogP contribution in [0.15, 0.2) is 6.33 Å². The second kappa shape index (κ2) is 4.00. The molecule has 3 aromatic heterocycles. The molecule has 1 aliphatic rings. The molecule has 4 rings (SSSR count). The van der Waals surface area contributed by atoms with Crippen molar-refractivity contribution < 1.29 is 0 Å². The monoisotopic (exact) mass is 272 g/mol. The van der Waals surface area contributed by atoms with Gasteiger partial charge < -0.3 is 0 Å². The van der Waals surface area contributed by atoms with Crippen LogP contribution in [0.3, 0.4) is 0 Å². The van der Waals surface area contributed by atoms with Gasteiger partial charge in [-0.25, -0.2) is 14.5 Å². The SMILES string of the molecule is CCc1nc2c3c4c(sc3ncn2n1)CC[C@@H](C)C4. The Morgan fingerprint density at radius 1 is 1.47 bits per heavy atom. The number of hydrogen-bond donors (Lipinski definition) is 0. The molecule has 0 radical (unpaired) electrons. The molecule has 5 heteroatoms. The van der Waals surface area contributed by atoms with Gasteiger partial charge in [-0.05, 0) is 30.7 Å². The van der Waals surface area contributed by atoms with Crippen LogP contribution in [0, 0.1) is 5.92 Å². The van der Waals surface area contributed by atoms with Gasteiger partial charge in [0.2, 0.25) is 0 Å². The summed E-state index contributed by atoms with van der Waals surface area (Å²) in [6.45, 7) is 4.42. The number of thiophene rings is 1. The van der Waals surface area contributed by atoms with Crippen LogP contribution in [0.5, 0.6) is 0 Å². The van der Waals surface area contributed by atoms with Gasteiger partial charge in [-0.2, -0.15) is 0 Å². The van der Waals surface area contributed by atoms with Crippen molar-refractivity contribution in [2.75, 3.05) is 0 Å². The predicted molar refractivity (Wildman–Crippen MR) is 76.7 cm³/mol. The molecule has 1 atom stereocenters. The Morgan fingerprint density at radius 2 is 2.37 bits per heavy atom. The first-order valence-corrected chi connectivity index (χ1v) is 7.72. The fourth-order valence-electron chi connectivity index (χ4n) is 2.94. The molecule has 0 aliphatic heterocycles. The molecule has 3 heterocycles. The molecule has 0 N–H and O–H groups in total. The predicted octanol–water partition coefficient (Wildman–Crippen LogP) is 3.03. The average Bonchev–Trinajstić information content (AvgIpc) is 2.97. The van der Waals surface area contributed by atoms with Crippen LogP contribution in [0.2, 0.25) is 0 Å². The first-order chi connectivity index (χ1) is 9.26. The Balaban J connectivity index is 2.08. The molecule has 0 unspecified atom stereocenters. The van der Waals surface area contributed by atoms with Gasteiger partial charge in [0.15, 0.2) is 11.5 Å². The number of rotatable bonds is 1. The molecule has 1 aliphatic carbocycles. The summed E-state index contributed by atoms with van der Waals surface area (Å²) in [5, 5.41) is 5.73. The van der Waals surface area contributed by atoms with E-state index < -0.39 is 0 Å². The second-order valence-corrected chi connectivity index (χ2v) is 6.51. The Hall–Kier alpha value is -1.49. The van der Waals surface area contributed by atoms with Crippen LogP contribution < -0.4 is 0 Å². The van der Waals surface area contributed by atoms with Crippen molar-refractivity contribution in [3.05, 3.63) is 22.6 Å². The molecule has 4 nitrogen and oxygen atoms in total. The molecular weight excluding hydrogens is 256 g/mol. The number of hydrogen-bond acceptors (Lipinski definition) is 4. The summed E-state index contributed by atoms with van der Waals surface area (Å²) in [5.41, 5.74) is 2.47. The summed E-state index contributed by atoms with van der Waals surface area (Å²) in [6, 6.07) is 0. The topological polar surface area (TPSA) is 43.1 Å². The zero-order chi connectivity index (χ0) is 13.0. The highest BCUT2D eigenvalue weighted by Crippen LogP contribution is 2.38. The first-order valence-electron chi connectivity index (χ1n) is 6.90. The van der Waals surface area contributed by atoms with Crippen LogP contribution in [-0.2, 0) is 19.3 Å². The molecule has 0 bridgehead atoms. The Kier molecular flexibility index (Phi) is 2.39. The average molecular weight is 272 g/mol. The Labute approximate surface area is 115 Å². The molecule has 98 valence electrons. The fraction of sp³-hybridized carbons (Fsp3) is 0.500. The molecular formula is C14H16N4S. The van der Waals surface area contributed by atoms with E-state index in [0.717, 1.165) is 35.1 Å². The summed E-state index contributed by atoms with van der Waals surface area (Å²) >= 11 is 1.84. The third kappa shape index (κ3) is 1.61. The molecule has 0 spiro atoms. The van der Waals surface area contributed by atoms with Crippen molar-refractivity contribution in [2.24, 2.45) is 5.92 Å². The smallest absolute Gasteiger partial charge is 0.167 e. The van der Waals surface area contributed by atoms with Gasteiger partial charge in [0, 0.05) is 11.3 Å². The van der Waals surface area contributed by atoms with E-state index in [-0.39, 0.29) is 0 Å². The Morgan fingerprint density at radius 3 is 3.21 bits per heavy atom. The van der Waals surface area contributed by atoms with E-state index in [0.29, 0.717) is 0 Å². The highest BCUT2D eigenvalue weighted by atomic mass is 32.1. The lowest BCUT2D eigenvalue weighted by molar-refractivity contribution is 0.508. The maximum atomic E-state index is 4.68. The number of aryl methyl sites for hydroxylation is 2. The van der Waals surface area contributed by atoms with Crippen molar-refractivity contribution in [3.63, 3.8) is 0 Å². The van der Waals surface area contributed by atoms with Gasteiger partial charge in [-0.3, -0.25) is 0 Å². The zero-order valence-corrected chi connectivity index (χ0v) is 12.0. The molecule has 0 saturated carbocycles. The minimum absolute atomic E-state index is 0.763. The molecule has 0 fully saturated rings. The third-order valence-electron chi connectivity index (χ3n) is 3.99. The number of fused-ring (bicyclic) bond motifs is 5. The van der Waals surface area contributed by atoms with Gasteiger partial charge in [0.25, 0.3) is 0 Å². The van der Waals surface area contributed by atoms with Gasteiger partial charge in [0.05, 0.1) is 5.39 Å². The highest BCUT2D eigenvalue weighted by molar-refractivity contribution is 7.19. The maximum Gasteiger partial charge on any atom is 0.167 e. The van der Waals surface area contributed by atoms with Crippen LogP contribution in [-0.4, -0.2) is 19.6 Å². The van der Waals surface area contributed by atoms with Crippen molar-refractivity contribution in [2.45, 2.75) is 39.5 Å². The fourth-order valence-corrected chi connectivity index (χ4v) is 4.12. The van der Waals surface area contributed by atoms with Gasteiger partial charge in [-0.1, -0.05) is 13.8 Å². The molecule has 0 saturated heterocycles. The van der Waals surface area contributed by atoms with Gasteiger partial charge in [0.1, 0.15) is 11.2 Å². The lowest BCUT2D eigenvalue weighted by Gasteiger charge is -2.17. The van der Waals surface area contributed by atoms with Crippen molar-refractivity contribution in [1.29, 1.82) is 0 Å². The van der Waals surface area contributed by atoms with E-state index in [1.54, 1.807) is 6.33 Å². The number of aromatic nitrogens is 4. The van der Waals surface area contributed by atoms with Gasteiger partial charge in [-0.15, -0.1) is 16.4 Å². The highest BCUT2D eigenvalue weighted by Gasteiger charge is 2.23. The quantitative estimate of drug-likeness (QED) is 0.684. The summed E-state index contributed by atoms with van der Waals surface area (Å²) in [5.74, 6) is 1.66. The van der Waals surface area contributed by atoms with Gasteiger partial charge >= 0.3 is 0 Å². The van der Waals surface area contributed by atoms with E-state index in [2.05, 4.69) is 28.9 Å². The van der Waals surface area contributed by atoms with Crippen molar-refractivity contribution >= 4 is 27.2 Å². The lowest BCUT2D eigenvalue weighted by atomic mass is 9.89. The molecule has 0 aromatic carbocycles. The third-order valence-corrected chi connectivity index (χ3v) is 5.19. The minimum atomic E-state index is 0.763. The van der Waals surface area contributed by atoms with Crippen LogP contribution >= 0.6 is 11.3 Å². The largest absolute Gasteiger partial charge is 0.225 e. The van der Waals surface area contributed by atoms with E-state index in [4.69, 9.17) is 0 Å². The summed E-state index contributed by atoms with van der Waals surface area (Å²) in [7, 11) is 0.